The van der Waals surface area contributed by atoms with Crippen molar-refractivity contribution in [1.82, 2.24) is 0 Å². The number of unbranched alkanes of at least 4 members (excludes halogenated alkanes) is 12. The Labute approximate surface area is 179 Å². The molecule has 0 aromatic heterocycles. The zero-order chi connectivity index (χ0) is 21.5. The molecule has 1 aliphatic rings. The van der Waals surface area contributed by atoms with Crippen LogP contribution in [0.4, 0.5) is 4.79 Å². The van der Waals surface area contributed by atoms with Crippen LogP contribution in [0.1, 0.15) is 124 Å². The molecular formula is C25H45NO3. The van der Waals surface area contributed by atoms with E-state index in [2.05, 4.69) is 13.8 Å². The first-order valence-corrected chi connectivity index (χ1v) is 12.0. The van der Waals surface area contributed by atoms with E-state index in [9.17, 15) is 9.59 Å². The summed E-state index contributed by atoms with van der Waals surface area (Å²) in [6.45, 7) is 6.67. The van der Waals surface area contributed by atoms with E-state index in [0.29, 0.717) is 12.4 Å². The van der Waals surface area contributed by atoms with Crippen LogP contribution < -0.4 is 5.73 Å². The molecule has 0 spiro atoms. The van der Waals surface area contributed by atoms with Gasteiger partial charge in [0.15, 0.2) is 5.78 Å². The van der Waals surface area contributed by atoms with Crippen LogP contribution in [0, 0.1) is 5.41 Å². The van der Waals surface area contributed by atoms with Crippen LogP contribution >= 0.6 is 0 Å². The Morgan fingerprint density at radius 1 is 0.862 bits per heavy atom. The molecular weight excluding hydrogens is 362 g/mol. The molecule has 4 heteroatoms. The summed E-state index contributed by atoms with van der Waals surface area (Å²) in [5, 5.41) is 0. The number of Topliss-reactive ketones (excluding diaryl/α,β-unsaturated/α-hetero) is 1. The molecule has 0 unspecified atom stereocenters. The van der Waals surface area contributed by atoms with Crippen molar-refractivity contribution in [3.63, 3.8) is 0 Å². The number of hydrogen-bond donors (Lipinski definition) is 1. The summed E-state index contributed by atoms with van der Waals surface area (Å²) in [4.78, 5) is 22.8. The second-order valence-corrected chi connectivity index (χ2v) is 9.46. The number of allylic oxidation sites excluding steroid dienone is 2. The number of rotatable bonds is 16. The minimum absolute atomic E-state index is 0.144. The third-order valence-corrected chi connectivity index (χ3v) is 6.40. The van der Waals surface area contributed by atoms with E-state index in [-0.39, 0.29) is 5.41 Å². The van der Waals surface area contributed by atoms with E-state index < -0.39 is 6.09 Å². The molecule has 1 rings (SSSR count). The number of amides is 1. The normalized spacial score (nSPS) is 16.3. The highest BCUT2D eigenvalue weighted by Gasteiger charge is 2.33. The Morgan fingerprint density at radius 3 is 1.79 bits per heavy atom. The lowest BCUT2D eigenvalue weighted by atomic mass is 9.73. The smallest absolute Gasteiger partial charge is 0.404 e. The van der Waals surface area contributed by atoms with Gasteiger partial charge in [-0.25, -0.2) is 4.79 Å². The first kappa shape index (κ1) is 25.7. The van der Waals surface area contributed by atoms with Gasteiger partial charge in [0.1, 0.15) is 0 Å². The molecule has 0 aromatic carbocycles. The third kappa shape index (κ3) is 11.4. The summed E-state index contributed by atoms with van der Waals surface area (Å²) < 4.78 is 4.72. The molecule has 2 N–H and O–H groups in total. The highest BCUT2D eigenvalue weighted by Crippen LogP contribution is 2.37. The molecule has 0 bridgehead atoms. The maximum absolute atomic E-state index is 12.4. The summed E-state index contributed by atoms with van der Waals surface area (Å²) in [6.07, 6.45) is 19.1. The monoisotopic (exact) mass is 407 g/mol. The zero-order valence-electron chi connectivity index (χ0n) is 19.3. The maximum atomic E-state index is 12.4. The average Bonchev–Trinajstić information content (AvgIpc) is 2.67. The molecule has 0 heterocycles. The maximum Gasteiger partial charge on any atom is 0.404 e. The van der Waals surface area contributed by atoms with Crippen molar-refractivity contribution in [2.75, 3.05) is 6.61 Å². The summed E-state index contributed by atoms with van der Waals surface area (Å²) in [5.41, 5.74) is 7.26. The van der Waals surface area contributed by atoms with E-state index in [1.165, 1.54) is 76.2 Å². The lowest BCUT2D eigenvalue weighted by molar-refractivity contribution is -0.124. The number of primary amides is 1. The second kappa shape index (κ2) is 14.6. The van der Waals surface area contributed by atoms with Crippen molar-refractivity contribution in [2.24, 2.45) is 11.1 Å². The van der Waals surface area contributed by atoms with Gasteiger partial charge in [-0.15, -0.1) is 0 Å². The minimum Gasteiger partial charge on any atom is -0.450 e. The molecule has 4 nitrogen and oxygen atoms in total. The van der Waals surface area contributed by atoms with Gasteiger partial charge in [0.05, 0.1) is 6.61 Å². The zero-order valence-corrected chi connectivity index (χ0v) is 19.3. The van der Waals surface area contributed by atoms with Gasteiger partial charge in [-0.05, 0) is 44.6 Å². The van der Waals surface area contributed by atoms with Gasteiger partial charge in [0.2, 0.25) is 0 Å². The van der Waals surface area contributed by atoms with Gasteiger partial charge < -0.3 is 10.5 Å². The Bertz CT molecular complexity index is 522. The molecule has 0 saturated heterocycles. The van der Waals surface area contributed by atoms with Crippen molar-refractivity contribution in [2.45, 2.75) is 124 Å². The number of nitrogens with two attached hydrogens (primary N) is 1. The molecule has 1 aliphatic carbocycles. The highest BCUT2D eigenvalue weighted by molar-refractivity contribution is 6.00. The van der Waals surface area contributed by atoms with Gasteiger partial charge >= 0.3 is 6.09 Å². The Kier molecular flexibility index (Phi) is 13.0. The van der Waals surface area contributed by atoms with E-state index in [1.807, 2.05) is 6.92 Å². The minimum atomic E-state index is -0.665. The van der Waals surface area contributed by atoms with Gasteiger partial charge in [0, 0.05) is 5.41 Å². The van der Waals surface area contributed by atoms with Crippen molar-refractivity contribution >= 4 is 11.9 Å². The fourth-order valence-electron chi connectivity index (χ4n) is 4.30. The lowest BCUT2D eigenvalue weighted by Crippen LogP contribution is -2.29. The molecule has 0 fully saturated rings. The molecule has 1 amide bonds. The number of hydrogen-bond acceptors (Lipinski definition) is 3. The van der Waals surface area contributed by atoms with Crippen molar-refractivity contribution < 1.29 is 14.3 Å². The van der Waals surface area contributed by atoms with Crippen LogP contribution in [0.15, 0.2) is 11.1 Å². The molecule has 0 aromatic rings. The van der Waals surface area contributed by atoms with Crippen LogP contribution in [0.5, 0.6) is 0 Å². The molecule has 0 saturated carbocycles. The molecule has 168 valence electrons. The van der Waals surface area contributed by atoms with Crippen molar-refractivity contribution in [1.29, 1.82) is 0 Å². The summed E-state index contributed by atoms with van der Waals surface area (Å²) in [7, 11) is 0. The van der Waals surface area contributed by atoms with Gasteiger partial charge in [-0.3, -0.25) is 4.79 Å². The first-order chi connectivity index (χ1) is 13.8. The summed E-state index contributed by atoms with van der Waals surface area (Å²) in [6, 6.07) is 0. The average molecular weight is 408 g/mol. The number of ether oxygens (including phenoxy) is 1. The largest absolute Gasteiger partial charge is 0.450 e. The lowest BCUT2D eigenvalue weighted by Gasteiger charge is -2.30. The molecule has 0 atom stereocenters. The molecule has 0 aliphatic heterocycles. The van der Waals surface area contributed by atoms with E-state index in [4.69, 9.17) is 10.5 Å². The van der Waals surface area contributed by atoms with E-state index in [1.54, 1.807) is 0 Å². The topological polar surface area (TPSA) is 69.4 Å². The van der Waals surface area contributed by atoms with Crippen LogP contribution in [-0.2, 0) is 9.53 Å². The first-order valence-electron chi connectivity index (χ1n) is 12.0. The van der Waals surface area contributed by atoms with Crippen LogP contribution in [0.2, 0.25) is 0 Å². The standard InChI is InChI=1S/C25H45NO3/c1-21-22(18-19-25(2,3)23(21)27)17-15-13-11-9-7-5-4-6-8-10-12-14-16-20-29-24(26)28/h4-20H2,1-3H3,(H2,26,28). The number of carbonyl (C=O) groups is 2. The Balaban J connectivity index is 1.87. The van der Waals surface area contributed by atoms with E-state index in [0.717, 1.165) is 37.7 Å². The van der Waals surface area contributed by atoms with Gasteiger partial charge in [-0.1, -0.05) is 90.0 Å². The van der Waals surface area contributed by atoms with Crippen molar-refractivity contribution in [3.8, 4) is 0 Å². The fraction of sp³-hybridized carbons (Fsp3) is 0.840. The predicted molar refractivity (Wildman–Crippen MR) is 121 cm³/mol. The Hall–Kier alpha value is -1.32. The summed E-state index contributed by atoms with van der Waals surface area (Å²) >= 11 is 0. The third-order valence-electron chi connectivity index (χ3n) is 6.40. The Morgan fingerprint density at radius 2 is 1.31 bits per heavy atom. The van der Waals surface area contributed by atoms with Gasteiger partial charge in [0.25, 0.3) is 0 Å². The fourth-order valence-corrected chi connectivity index (χ4v) is 4.30. The number of carbonyl (C=O) groups excluding carboxylic acids is 2. The number of ketones is 1. The van der Waals surface area contributed by atoms with Crippen LogP contribution in [-0.4, -0.2) is 18.5 Å². The van der Waals surface area contributed by atoms with Crippen molar-refractivity contribution in [3.05, 3.63) is 11.1 Å². The highest BCUT2D eigenvalue weighted by atomic mass is 16.5. The predicted octanol–water partition coefficient (Wildman–Crippen LogP) is 7.25. The van der Waals surface area contributed by atoms with Crippen LogP contribution in [0.3, 0.4) is 0 Å². The quantitative estimate of drug-likeness (QED) is 0.274. The van der Waals surface area contributed by atoms with Crippen LogP contribution in [0.25, 0.3) is 0 Å². The van der Waals surface area contributed by atoms with E-state index >= 15 is 0 Å². The molecule has 29 heavy (non-hydrogen) atoms. The second-order valence-electron chi connectivity index (χ2n) is 9.46. The summed E-state index contributed by atoms with van der Waals surface area (Å²) in [5.74, 6) is 0.371. The SMILES string of the molecule is CC1=C(CCCCCCCCCCCCCCCOC(N)=O)CCC(C)(C)C1=O. The van der Waals surface area contributed by atoms with Gasteiger partial charge in [-0.2, -0.15) is 0 Å². The molecule has 0 radical (unpaired) electrons.